The van der Waals surface area contributed by atoms with Crippen LogP contribution < -0.4 is 5.32 Å². The molecule has 0 bridgehead atoms. The minimum absolute atomic E-state index is 0.0176. The van der Waals surface area contributed by atoms with Gasteiger partial charge >= 0.3 is 5.97 Å². The van der Waals surface area contributed by atoms with Gasteiger partial charge in [-0.05, 0) is 24.3 Å². The first-order valence-electron chi connectivity index (χ1n) is 6.00. The number of fused-ring (bicyclic) bond motifs is 1. The molecule has 0 unspecified atom stereocenters. The number of rotatable bonds is 5. The number of carboxylic acids is 1. The van der Waals surface area contributed by atoms with Crippen molar-refractivity contribution >= 4 is 50.8 Å². The van der Waals surface area contributed by atoms with E-state index in [4.69, 9.17) is 5.11 Å². The predicted molar refractivity (Wildman–Crippen MR) is 83.3 cm³/mol. The fourth-order valence-corrected chi connectivity index (χ4v) is 3.21. The summed E-state index contributed by atoms with van der Waals surface area (Å²) in [4.78, 5) is 14.8. The van der Waals surface area contributed by atoms with Gasteiger partial charge in [-0.2, -0.15) is 0 Å². The van der Waals surface area contributed by atoms with Crippen LogP contribution in [-0.4, -0.2) is 32.0 Å². The lowest BCUT2D eigenvalue weighted by atomic mass is 10.2. The van der Waals surface area contributed by atoms with Gasteiger partial charge in [-0.1, -0.05) is 29.2 Å². The SMILES string of the molecule is O=C(O)CSc1nnc(Nc2ccc3ncccc3c2)s1. The van der Waals surface area contributed by atoms with Gasteiger partial charge < -0.3 is 10.4 Å². The third-order valence-corrected chi connectivity index (χ3v) is 4.54. The molecule has 3 rings (SSSR count). The van der Waals surface area contributed by atoms with Crippen LogP contribution >= 0.6 is 23.1 Å². The second-order valence-corrected chi connectivity index (χ2v) is 6.29. The topological polar surface area (TPSA) is 88.0 Å². The Morgan fingerprint density at radius 1 is 1.33 bits per heavy atom. The molecule has 2 N–H and O–H groups in total. The Balaban J connectivity index is 1.74. The molecule has 2 aromatic heterocycles. The number of anilines is 2. The maximum atomic E-state index is 10.5. The van der Waals surface area contributed by atoms with Gasteiger partial charge in [0.05, 0.1) is 11.3 Å². The highest BCUT2D eigenvalue weighted by molar-refractivity contribution is 8.01. The zero-order valence-corrected chi connectivity index (χ0v) is 12.3. The van der Waals surface area contributed by atoms with Crippen LogP contribution in [0, 0.1) is 0 Å². The largest absolute Gasteiger partial charge is 0.481 e. The Hall–Kier alpha value is -2.19. The van der Waals surface area contributed by atoms with Crippen molar-refractivity contribution in [3.63, 3.8) is 0 Å². The highest BCUT2D eigenvalue weighted by atomic mass is 32.2. The zero-order chi connectivity index (χ0) is 14.7. The predicted octanol–water partition coefficient (Wildman–Crippen LogP) is 3.01. The first-order valence-corrected chi connectivity index (χ1v) is 7.81. The summed E-state index contributed by atoms with van der Waals surface area (Å²) in [6.07, 6.45) is 1.76. The van der Waals surface area contributed by atoms with Crippen LogP contribution in [0.4, 0.5) is 10.8 Å². The summed E-state index contributed by atoms with van der Waals surface area (Å²) in [6.45, 7) is 0. The van der Waals surface area contributed by atoms with Gasteiger partial charge in [-0.25, -0.2) is 0 Å². The number of carbonyl (C=O) groups is 1. The number of nitrogens with one attached hydrogen (secondary N) is 1. The average molecular weight is 318 g/mol. The van der Waals surface area contributed by atoms with Crippen LogP contribution in [0.15, 0.2) is 40.9 Å². The summed E-state index contributed by atoms with van der Waals surface area (Å²) < 4.78 is 0.627. The smallest absolute Gasteiger partial charge is 0.313 e. The molecule has 0 aliphatic rings. The number of hydrogen-bond acceptors (Lipinski definition) is 7. The number of benzene rings is 1. The van der Waals surface area contributed by atoms with Crippen LogP contribution in [0.3, 0.4) is 0 Å². The van der Waals surface area contributed by atoms with Crippen LogP contribution in [0.2, 0.25) is 0 Å². The van der Waals surface area contributed by atoms with E-state index in [0.717, 1.165) is 28.4 Å². The molecule has 0 aliphatic heterocycles. The normalized spacial score (nSPS) is 10.7. The van der Waals surface area contributed by atoms with Crippen molar-refractivity contribution in [2.24, 2.45) is 0 Å². The van der Waals surface area contributed by atoms with E-state index in [1.54, 1.807) is 6.20 Å². The fraction of sp³-hybridized carbons (Fsp3) is 0.0769. The number of hydrogen-bond donors (Lipinski definition) is 2. The highest BCUT2D eigenvalue weighted by Gasteiger charge is 2.07. The summed E-state index contributed by atoms with van der Waals surface area (Å²) in [5, 5.41) is 21.4. The molecule has 1 aromatic carbocycles. The molecule has 0 saturated heterocycles. The zero-order valence-electron chi connectivity index (χ0n) is 10.7. The van der Waals surface area contributed by atoms with Crippen molar-refractivity contribution in [1.29, 1.82) is 0 Å². The van der Waals surface area contributed by atoms with Crippen molar-refractivity contribution in [3.8, 4) is 0 Å². The number of thioether (sulfide) groups is 1. The molecule has 0 spiro atoms. The summed E-state index contributed by atoms with van der Waals surface area (Å²) in [5.74, 6) is -0.886. The van der Waals surface area contributed by atoms with E-state index in [1.165, 1.54) is 11.3 Å². The van der Waals surface area contributed by atoms with Gasteiger partial charge in [-0.3, -0.25) is 9.78 Å². The average Bonchev–Trinajstić information content (AvgIpc) is 2.92. The Morgan fingerprint density at radius 2 is 2.24 bits per heavy atom. The van der Waals surface area contributed by atoms with Crippen molar-refractivity contribution < 1.29 is 9.90 Å². The van der Waals surface area contributed by atoms with E-state index in [9.17, 15) is 4.79 Å². The van der Waals surface area contributed by atoms with Crippen molar-refractivity contribution in [1.82, 2.24) is 15.2 Å². The lowest BCUT2D eigenvalue weighted by Crippen LogP contribution is -1.96. The third kappa shape index (κ3) is 3.47. The highest BCUT2D eigenvalue weighted by Crippen LogP contribution is 2.28. The van der Waals surface area contributed by atoms with Gasteiger partial charge in [0, 0.05) is 17.3 Å². The minimum atomic E-state index is -0.869. The molecule has 21 heavy (non-hydrogen) atoms. The second-order valence-electron chi connectivity index (χ2n) is 4.09. The molecule has 106 valence electrons. The Labute approximate surface area is 128 Å². The van der Waals surface area contributed by atoms with Gasteiger partial charge in [-0.15, -0.1) is 10.2 Å². The summed E-state index contributed by atoms with van der Waals surface area (Å²) in [7, 11) is 0. The van der Waals surface area contributed by atoms with Crippen LogP contribution in [-0.2, 0) is 4.79 Å². The first-order chi connectivity index (χ1) is 10.2. The van der Waals surface area contributed by atoms with Crippen LogP contribution in [0.25, 0.3) is 10.9 Å². The summed E-state index contributed by atoms with van der Waals surface area (Å²) in [6, 6.07) is 9.70. The molecule has 0 saturated carbocycles. The molecule has 3 aromatic rings. The van der Waals surface area contributed by atoms with Crippen LogP contribution in [0.5, 0.6) is 0 Å². The van der Waals surface area contributed by atoms with Crippen LogP contribution in [0.1, 0.15) is 0 Å². The van der Waals surface area contributed by atoms with E-state index in [0.29, 0.717) is 9.47 Å². The van der Waals surface area contributed by atoms with Gasteiger partial charge in [0.1, 0.15) is 0 Å². The summed E-state index contributed by atoms with van der Waals surface area (Å²) in [5.41, 5.74) is 1.82. The fourth-order valence-electron chi connectivity index (χ4n) is 1.72. The first kappa shape index (κ1) is 13.8. The molecule has 0 amide bonds. The van der Waals surface area contributed by atoms with Gasteiger partial charge in [0.15, 0.2) is 4.34 Å². The lowest BCUT2D eigenvalue weighted by molar-refractivity contribution is -0.133. The molecular formula is C13H10N4O2S2. The second kappa shape index (κ2) is 6.06. The molecule has 0 atom stereocenters. The maximum Gasteiger partial charge on any atom is 0.313 e. The molecular weight excluding hydrogens is 308 g/mol. The van der Waals surface area contributed by atoms with Crippen molar-refractivity contribution in [2.45, 2.75) is 4.34 Å². The van der Waals surface area contributed by atoms with E-state index < -0.39 is 5.97 Å². The van der Waals surface area contributed by atoms with E-state index in [-0.39, 0.29) is 5.75 Å². The van der Waals surface area contributed by atoms with Gasteiger partial charge in [0.2, 0.25) is 5.13 Å². The quantitative estimate of drug-likeness (QED) is 0.699. The minimum Gasteiger partial charge on any atom is -0.481 e. The Kier molecular flexibility index (Phi) is 3.98. The van der Waals surface area contributed by atoms with E-state index in [1.807, 2.05) is 30.3 Å². The number of carboxylic acid groups (broad SMARTS) is 1. The van der Waals surface area contributed by atoms with E-state index in [2.05, 4.69) is 20.5 Å². The van der Waals surface area contributed by atoms with Crippen molar-refractivity contribution in [2.75, 3.05) is 11.1 Å². The molecule has 0 radical (unpaired) electrons. The summed E-state index contributed by atoms with van der Waals surface area (Å²) >= 11 is 2.48. The number of nitrogens with zero attached hydrogens (tertiary/aromatic N) is 3. The Bertz CT molecular complexity index is 790. The molecule has 0 aliphatic carbocycles. The number of pyridine rings is 1. The van der Waals surface area contributed by atoms with Gasteiger partial charge in [0.25, 0.3) is 0 Å². The number of aliphatic carboxylic acids is 1. The molecule has 0 fully saturated rings. The third-order valence-electron chi connectivity index (χ3n) is 2.58. The maximum absolute atomic E-state index is 10.5. The number of aromatic nitrogens is 3. The monoisotopic (exact) mass is 318 g/mol. The van der Waals surface area contributed by atoms with E-state index >= 15 is 0 Å². The standard InChI is InChI=1S/C13H10N4O2S2/c18-11(19)7-20-13-17-16-12(21-13)15-9-3-4-10-8(6-9)2-1-5-14-10/h1-6H,7H2,(H,15,16)(H,18,19). The Morgan fingerprint density at radius 3 is 3.10 bits per heavy atom. The molecule has 2 heterocycles. The lowest BCUT2D eigenvalue weighted by Gasteiger charge is -2.03. The molecule has 6 nitrogen and oxygen atoms in total. The molecule has 8 heteroatoms. The van der Waals surface area contributed by atoms with Crippen molar-refractivity contribution in [3.05, 3.63) is 36.5 Å².